The van der Waals surface area contributed by atoms with E-state index in [1.807, 2.05) is 13.8 Å². The summed E-state index contributed by atoms with van der Waals surface area (Å²) in [5, 5.41) is 13.1. The number of amides is 1. The van der Waals surface area contributed by atoms with E-state index >= 15 is 0 Å². The molecule has 1 aromatic rings. The van der Waals surface area contributed by atoms with Crippen molar-refractivity contribution >= 4 is 11.7 Å². The third kappa shape index (κ3) is 3.34. The van der Waals surface area contributed by atoms with E-state index in [0.29, 0.717) is 0 Å². The second-order valence-electron chi connectivity index (χ2n) is 3.54. The summed E-state index contributed by atoms with van der Waals surface area (Å²) in [6.07, 6.45) is 3.35. The molecular formula is C9H14N4O3. The highest BCUT2D eigenvalue weighted by atomic mass is 16.6. The number of nitro groups is 1. The monoisotopic (exact) mass is 226 g/mol. The molecule has 1 aromatic heterocycles. The maximum absolute atomic E-state index is 11.4. The molecule has 1 rings (SSSR count). The van der Waals surface area contributed by atoms with Crippen LogP contribution in [0, 0.1) is 10.1 Å². The Kier molecular flexibility index (Phi) is 3.98. The summed E-state index contributed by atoms with van der Waals surface area (Å²) in [5.41, 5.74) is 0. The molecule has 16 heavy (non-hydrogen) atoms. The Balaban J connectivity index is 2.53. The topological polar surface area (TPSA) is 90.1 Å². The Bertz CT molecular complexity index is 388. The fraction of sp³-hybridized carbons (Fsp3) is 0.556. The van der Waals surface area contributed by atoms with Gasteiger partial charge in [0.25, 0.3) is 0 Å². The zero-order valence-corrected chi connectivity index (χ0v) is 9.21. The van der Waals surface area contributed by atoms with Crippen LogP contribution in [0.25, 0.3) is 0 Å². The van der Waals surface area contributed by atoms with Gasteiger partial charge in [-0.1, -0.05) is 6.92 Å². The Labute approximate surface area is 92.6 Å². The molecule has 0 aliphatic heterocycles. The molecular weight excluding hydrogens is 212 g/mol. The number of nitrogens with zero attached hydrogens (tertiary/aromatic N) is 3. The molecule has 88 valence electrons. The minimum Gasteiger partial charge on any atom is -0.358 e. The fourth-order valence-corrected chi connectivity index (χ4v) is 1.12. The summed E-state index contributed by atoms with van der Waals surface area (Å²) in [6.45, 7) is 3.91. The molecule has 7 heteroatoms. The first-order valence-corrected chi connectivity index (χ1v) is 4.98. The van der Waals surface area contributed by atoms with E-state index in [4.69, 9.17) is 0 Å². The van der Waals surface area contributed by atoms with E-state index < -0.39 is 4.92 Å². The summed E-state index contributed by atoms with van der Waals surface area (Å²) in [6, 6.07) is 0.103. The van der Waals surface area contributed by atoms with Crippen LogP contribution in [0.2, 0.25) is 0 Å². The highest BCUT2D eigenvalue weighted by molar-refractivity contribution is 5.76. The lowest BCUT2D eigenvalue weighted by atomic mass is 10.2. The van der Waals surface area contributed by atoms with Gasteiger partial charge in [0.05, 0.1) is 0 Å². The molecule has 1 amide bonds. The van der Waals surface area contributed by atoms with Crippen LogP contribution in [0.4, 0.5) is 5.82 Å². The van der Waals surface area contributed by atoms with Crippen molar-refractivity contribution in [3.63, 3.8) is 0 Å². The van der Waals surface area contributed by atoms with E-state index in [0.717, 1.165) is 6.42 Å². The minimum atomic E-state index is -0.594. The van der Waals surface area contributed by atoms with Gasteiger partial charge in [0.2, 0.25) is 12.2 Å². The van der Waals surface area contributed by atoms with Crippen LogP contribution in [0.15, 0.2) is 12.5 Å². The zero-order valence-electron chi connectivity index (χ0n) is 9.21. The third-order valence-electron chi connectivity index (χ3n) is 2.15. The van der Waals surface area contributed by atoms with Crippen molar-refractivity contribution in [2.75, 3.05) is 0 Å². The van der Waals surface area contributed by atoms with Crippen LogP contribution >= 0.6 is 0 Å². The first kappa shape index (κ1) is 12.2. The first-order valence-electron chi connectivity index (χ1n) is 4.98. The number of aromatic nitrogens is 2. The number of carbonyl (C=O) groups is 1. The van der Waals surface area contributed by atoms with Gasteiger partial charge in [0.15, 0.2) is 0 Å². The molecule has 0 saturated carbocycles. The number of hydrogen-bond acceptors (Lipinski definition) is 4. The van der Waals surface area contributed by atoms with Crippen LogP contribution in [0.1, 0.15) is 20.3 Å². The average molecular weight is 226 g/mol. The maximum atomic E-state index is 11.4. The van der Waals surface area contributed by atoms with Gasteiger partial charge in [0.1, 0.15) is 12.7 Å². The second kappa shape index (κ2) is 5.24. The molecule has 0 saturated heterocycles. The Morgan fingerprint density at radius 3 is 2.94 bits per heavy atom. The number of carbonyl (C=O) groups excluding carboxylic acids is 1. The van der Waals surface area contributed by atoms with Crippen LogP contribution in [0.3, 0.4) is 0 Å². The van der Waals surface area contributed by atoms with Crippen molar-refractivity contribution in [2.45, 2.75) is 32.9 Å². The van der Waals surface area contributed by atoms with Gasteiger partial charge < -0.3 is 20.0 Å². The lowest BCUT2D eigenvalue weighted by molar-refractivity contribution is -0.389. The zero-order chi connectivity index (χ0) is 12.1. The summed E-state index contributed by atoms with van der Waals surface area (Å²) >= 11 is 0. The standard InChI is InChI=1S/C9H14N4O3/c1-3-7(2)11-9(14)5-12-4-8(10-6-12)13(15)16/h4,6-7H,3,5H2,1-2H3,(H,11,14)/t7-/m1/s1. The van der Waals surface area contributed by atoms with Gasteiger partial charge in [-0.05, 0) is 23.3 Å². The normalized spacial score (nSPS) is 12.1. The van der Waals surface area contributed by atoms with Gasteiger partial charge in [0, 0.05) is 6.04 Å². The van der Waals surface area contributed by atoms with E-state index in [1.54, 1.807) is 0 Å². The summed E-state index contributed by atoms with van der Waals surface area (Å²) in [5.74, 6) is -0.432. The highest BCUT2D eigenvalue weighted by Crippen LogP contribution is 2.05. The lowest BCUT2D eigenvalue weighted by Gasteiger charge is -2.10. The third-order valence-corrected chi connectivity index (χ3v) is 2.15. The van der Waals surface area contributed by atoms with Gasteiger partial charge in [-0.15, -0.1) is 0 Å². The van der Waals surface area contributed by atoms with E-state index in [2.05, 4.69) is 10.3 Å². The summed E-state index contributed by atoms with van der Waals surface area (Å²) < 4.78 is 1.38. The van der Waals surface area contributed by atoms with Gasteiger partial charge in [-0.3, -0.25) is 4.79 Å². The fourth-order valence-electron chi connectivity index (χ4n) is 1.12. The molecule has 1 N–H and O–H groups in total. The van der Waals surface area contributed by atoms with E-state index in [1.165, 1.54) is 17.1 Å². The molecule has 0 radical (unpaired) electrons. The number of imidazole rings is 1. The van der Waals surface area contributed by atoms with Crippen LogP contribution in [0.5, 0.6) is 0 Å². The first-order chi connectivity index (χ1) is 7.52. The Hall–Kier alpha value is -1.92. The lowest BCUT2D eigenvalue weighted by Crippen LogP contribution is -2.34. The largest absolute Gasteiger partial charge is 0.381 e. The molecule has 0 aliphatic carbocycles. The van der Waals surface area contributed by atoms with Gasteiger partial charge >= 0.3 is 5.82 Å². The second-order valence-corrected chi connectivity index (χ2v) is 3.54. The molecule has 0 aliphatic rings. The molecule has 0 unspecified atom stereocenters. The van der Waals surface area contributed by atoms with Crippen molar-refractivity contribution < 1.29 is 9.72 Å². The van der Waals surface area contributed by atoms with Crippen LogP contribution in [-0.4, -0.2) is 26.4 Å². The van der Waals surface area contributed by atoms with E-state index in [-0.39, 0.29) is 24.3 Å². The van der Waals surface area contributed by atoms with Crippen molar-refractivity contribution in [1.29, 1.82) is 0 Å². The Morgan fingerprint density at radius 2 is 2.44 bits per heavy atom. The summed E-state index contributed by atoms with van der Waals surface area (Å²) in [7, 11) is 0. The van der Waals surface area contributed by atoms with Crippen molar-refractivity contribution in [1.82, 2.24) is 14.9 Å². The molecule has 7 nitrogen and oxygen atoms in total. The van der Waals surface area contributed by atoms with Crippen molar-refractivity contribution in [3.8, 4) is 0 Å². The van der Waals surface area contributed by atoms with Gasteiger partial charge in [-0.25, -0.2) is 0 Å². The smallest absolute Gasteiger partial charge is 0.358 e. The maximum Gasteiger partial charge on any atom is 0.381 e. The van der Waals surface area contributed by atoms with E-state index in [9.17, 15) is 14.9 Å². The predicted octanol–water partition coefficient (Wildman–Crippen LogP) is 0.706. The molecule has 0 bridgehead atoms. The number of rotatable bonds is 5. The molecule has 0 fully saturated rings. The number of nitrogens with one attached hydrogen (secondary N) is 1. The Morgan fingerprint density at radius 1 is 1.75 bits per heavy atom. The molecule has 0 spiro atoms. The quantitative estimate of drug-likeness (QED) is 0.591. The molecule has 1 heterocycles. The average Bonchev–Trinajstić information content (AvgIpc) is 2.65. The highest BCUT2D eigenvalue weighted by Gasteiger charge is 2.12. The van der Waals surface area contributed by atoms with Gasteiger partial charge in [-0.2, -0.15) is 0 Å². The number of hydrogen-bond donors (Lipinski definition) is 1. The van der Waals surface area contributed by atoms with Crippen molar-refractivity contribution in [2.24, 2.45) is 0 Å². The van der Waals surface area contributed by atoms with Crippen LogP contribution in [-0.2, 0) is 11.3 Å². The van der Waals surface area contributed by atoms with Crippen LogP contribution < -0.4 is 5.32 Å². The summed E-state index contributed by atoms with van der Waals surface area (Å²) in [4.78, 5) is 24.7. The SMILES string of the molecule is CC[C@@H](C)NC(=O)Cn1cnc([N+](=O)[O-])c1. The predicted molar refractivity (Wildman–Crippen MR) is 56.8 cm³/mol. The van der Waals surface area contributed by atoms with Crippen molar-refractivity contribution in [3.05, 3.63) is 22.6 Å². The molecule has 0 aromatic carbocycles. The molecule has 1 atom stereocenters. The minimum absolute atomic E-state index is 0.0468.